The van der Waals surface area contributed by atoms with Gasteiger partial charge >= 0.3 is 0 Å². The summed E-state index contributed by atoms with van der Waals surface area (Å²) in [5.41, 5.74) is 5.77. The van der Waals surface area contributed by atoms with E-state index in [0.29, 0.717) is 20.4 Å². The summed E-state index contributed by atoms with van der Waals surface area (Å²) < 4.78 is 11.3. The first-order chi connectivity index (χ1) is 15.7. The fourth-order valence-electron chi connectivity index (χ4n) is 2.98. The molecule has 7 nitrogen and oxygen atoms in total. The van der Waals surface area contributed by atoms with Crippen LogP contribution in [0.2, 0.25) is 5.02 Å². The van der Waals surface area contributed by atoms with E-state index in [-0.39, 0.29) is 27.4 Å². The maximum atomic E-state index is 13.7. The molecule has 0 spiro atoms. The van der Waals surface area contributed by atoms with Crippen LogP contribution in [0.4, 0.5) is 5.69 Å². The number of anilines is 1. The van der Waals surface area contributed by atoms with Gasteiger partial charge in [-0.05, 0) is 86.5 Å². The Bertz CT molecular complexity index is 1200. The third-order valence-corrected chi connectivity index (χ3v) is 6.39. The van der Waals surface area contributed by atoms with E-state index < -0.39 is 17.7 Å². The number of carbonyl (C=O) groups excluding carboxylic acids is 3. The number of carbonyl (C=O) groups is 3. The molecule has 3 aromatic carbocycles. The van der Waals surface area contributed by atoms with Crippen LogP contribution in [0.1, 0.15) is 31.1 Å². The van der Waals surface area contributed by atoms with Gasteiger partial charge < -0.3 is 15.2 Å². The Hall–Kier alpha value is -2.88. The van der Waals surface area contributed by atoms with Gasteiger partial charge in [0.1, 0.15) is 11.5 Å². The third kappa shape index (κ3) is 5.21. The lowest BCUT2D eigenvalue weighted by Gasteiger charge is -2.24. The SMILES string of the molecule is COc1ccc(Br)c(C(=O)N(C(=O)c2cc(OC)ccc2Br)c2cc(C(N)=O)ccc2Cl)c1. The number of halogens is 3. The Morgan fingerprint density at radius 1 is 0.818 bits per heavy atom. The number of primary amides is 1. The molecular formula is C23H17Br2ClN2O5. The van der Waals surface area contributed by atoms with Crippen molar-refractivity contribution in [2.45, 2.75) is 0 Å². The molecule has 0 aromatic heterocycles. The Morgan fingerprint density at radius 2 is 1.30 bits per heavy atom. The van der Waals surface area contributed by atoms with E-state index in [1.165, 1.54) is 44.6 Å². The van der Waals surface area contributed by atoms with Crippen molar-refractivity contribution < 1.29 is 23.9 Å². The number of ether oxygens (including phenoxy) is 2. The van der Waals surface area contributed by atoms with Crippen molar-refractivity contribution in [3.63, 3.8) is 0 Å². The van der Waals surface area contributed by atoms with Crippen molar-refractivity contribution in [1.82, 2.24) is 0 Å². The summed E-state index contributed by atoms with van der Waals surface area (Å²) in [6.07, 6.45) is 0. The van der Waals surface area contributed by atoms with Gasteiger partial charge in [0, 0.05) is 14.5 Å². The van der Waals surface area contributed by atoms with Crippen molar-refractivity contribution >= 4 is 66.9 Å². The van der Waals surface area contributed by atoms with Crippen molar-refractivity contribution in [1.29, 1.82) is 0 Å². The average Bonchev–Trinajstić information content (AvgIpc) is 2.80. The van der Waals surface area contributed by atoms with Gasteiger partial charge in [0.15, 0.2) is 0 Å². The predicted molar refractivity (Wildman–Crippen MR) is 132 cm³/mol. The molecule has 0 unspecified atom stereocenters. The van der Waals surface area contributed by atoms with E-state index in [0.717, 1.165) is 4.90 Å². The third-order valence-electron chi connectivity index (χ3n) is 4.69. The van der Waals surface area contributed by atoms with Gasteiger partial charge in [-0.15, -0.1) is 0 Å². The molecule has 0 aliphatic heterocycles. The summed E-state index contributed by atoms with van der Waals surface area (Å²) in [7, 11) is 2.92. The lowest BCUT2D eigenvalue weighted by molar-refractivity contribution is 0.0894. The molecule has 0 heterocycles. The second-order valence-corrected chi connectivity index (χ2v) is 8.78. The topological polar surface area (TPSA) is 98.9 Å². The molecular weight excluding hydrogens is 580 g/mol. The molecule has 0 saturated heterocycles. The number of hydrogen-bond donors (Lipinski definition) is 1. The molecule has 2 N–H and O–H groups in total. The van der Waals surface area contributed by atoms with Crippen LogP contribution >= 0.6 is 43.5 Å². The lowest BCUT2D eigenvalue weighted by Crippen LogP contribution is -2.38. The number of hydrogen-bond acceptors (Lipinski definition) is 5. The predicted octanol–water partition coefficient (Wildman–Crippen LogP) is 5.47. The summed E-state index contributed by atoms with van der Waals surface area (Å²) in [5, 5.41) is 0.0692. The molecule has 33 heavy (non-hydrogen) atoms. The van der Waals surface area contributed by atoms with Crippen LogP contribution in [0.15, 0.2) is 63.5 Å². The summed E-state index contributed by atoms with van der Waals surface area (Å²) >= 11 is 13.1. The van der Waals surface area contributed by atoms with E-state index in [1.54, 1.807) is 24.3 Å². The van der Waals surface area contributed by atoms with Crippen LogP contribution in [-0.4, -0.2) is 31.9 Å². The Labute approximate surface area is 211 Å². The zero-order valence-corrected chi connectivity index (χ0v) is 21.3. The maximum absolute atomic E-state index is 13.7. The fourth-order valence-corrected chi connectivity index (χ4v) is 4.01. The highest BCUT2D eigenvalue weighted by molar-refractivity contribution is 9.10. The fraction of sp³-hybridized carbons (Fsp3) is 0.0870. The molecule has 10 heteroatoms. The molecule has 3 aromatic rings. The number of nitrogens with two attached hydrogens (primary N) is 1. The van der Waals surface area contributed by atoms with Crippen LogP contribution < -0.4 is 20.1 Å². The monoisotopic (exact) mass is 594 g/mol. The Balaban J connectivity index is 2.26. The highest BCUT2D eigenvalue weighted by atomic mass is 79.9. The van der Waals surface area contributed by atoms with Gasteiger partial charge in [-0.1, -0.05) is 11.6 Å². The van der Waals surface area contributed by atoms with Gasteiger partial charge in [0.05, 0.1) is 36.1 Å². The van der Waals surface area contributed by atoms with Gasteiger partial charge in [-0.3, -0.25) is 14.4 Å². The minimum atomic E-state index is -0.738. The second-order valence-electron chi connectivity index (χ2n) is 6.67. The van der Waals surface area contributed by atoms with E-state index in [2.05, 4.69) is 31.9 Å². The quantitative estimate of drug-likeness (QED) is 0.381. The molecule has 3 rings (SSSR count). The van der Waals surface area contributed by atoms with Crippen LogP contribution in [0.25, 0.3) is 0 Å². The van der Waals surface area contributed by atoms with Crippen molar-refractivity contribution in [2.24, 2.45) is 5.73 Å². The first kappa shape index (κ1) is 24.8. The summed E-state index contributed by atoms with van der Waals surface area (Å²) in [6.45, 7) is 0. The second kappa shape index (κ2) is 10.4. The lowest BCUT2D eigenvalue weighted by atomic mass is 10.1. The normalized spacial score (nSPS) is 10.5. The number of rotatable bonds is 6. The highest BCUT2D eigenvalue weighted by Gasteiger charge is 2.31. The van der Waals surface area contributed by atoms with Crippen LogP contribution in [0.3, 0.4) is 0 Å². The van der Waals surface area contributed by atoms with E-state index in [4.69, 9.17) is 26.8 Å². The van der Waals surface area contributed by atoms with Gasteiger partial charge in [0.2, 0.25) is 5.91 Å². The molecule has 0 bridgehead atoms. The molecule has 0 aliphatic carbocycles. The smallest absolute Gasteiger partial charge is 0.266 e. The zero-order valence-electron chi connectivity index (χ0n) is 17.4. The van der Waals surface area contributed by atoms with Gasteiger partial charge in [0.25, 0.3) is 11.8 Å². The highest BCUT2D eigenvalue weighted by Crippen LogP contribution is 2.34. The summed E-state index contributed by atoms with van der Waals surface area (Å²) in [5.74, 6) is -1.33. The van der Waals surface area contributed by atoms with E-state index in [1.807, 2.05) is 0 Å². The summed E-state index contributed by atoms with van der Waals surface area (Å²) in [4.78, 5) is 40.2. The largest absolute Gasteiger partial charge is 0.497 e. The minimum Gasteiger partial charge on any atom is -0.497 e. The van der Waals surface area contributed by atoms with Crippen molar-refractivity contribution in [3.05, 3.63) is 85.3 Å². The van der Waals surface area contributed by atoms with E-state index in [9.17, 15) is 14.4 Å². The van der Waals surface area contributed by atoms with Crippen LogP contribution in [-0.2, 0) is 0 Å². The van der Waals surface area contributed by atoms with Gasteiger partial charge in [-0.25, -0.2) is 4.90 Å². The maximum Gasteiger partial charge on any atom is 0.266 e. The minimum absolute atomic E-state index is 0.00703. The molecule has 0 saturated carbocycles. The Kier molecular flexibility index (Phi) is 7.78. The summed E-state index contributed by atoms with van der Waals surface area (Å²) in [6, 6.07) is 13.6. The van der Waals surface area contributed by atoms with Crippen LogP contribution in [0.5, 0.6) is 11.5 Å². The molecule has 0 atom stereocenters. The van der Waals surface area contributed by atoms with Crippen molar-refractivity contribution in [2.75, 3.05) is 19.1 Å². The number of methoxy groups -OCH3 is 2. The standard InChI is InChI=1S/C23H17Br2ClN2O5/c1-32-13-4-6-17(24)15(10-13)22(30)28(20-9-12(21(27)29)3-8-19(20)26)23(31)16-11-14(33-2)5-7-18(16)25/h3-11H,1-2H3,(H2,27,29). The average molecular weight is 597 g/mol. The zero-order chi connectivity index (χ0) is 24.3. The number of nitrogens with zero attached hydrogens (tertiary/aromatic N) is 1. The number of amides is 3. The molecule has 0 fully saturated rings. The molecule has 3 amide bonds. The first-order valence-electron chi connectivity index (χ1n) is 9.33. The number of benzene rings is 3. The van der Waals surface area contributed by atoms with Gasteiger partial charge in [-0.2, -0.15) is 0 Å². The van der Waals surface area contributed by atoms with Crippen LogP contribution in [0, 0.1) is 0 Å². The first-order valence-corrected chi connectivity index (χ1v) is 11.3. The molecule has 170 valence electrons. The number of imide groups is 1. The van der Waals surface area contributed by atoms with E-state index >= 15 is 0 Å². The molecule has 0 aliphatic rings. The molecule has 0 radical (unpaired) electrons. The van der Waals surface area contributed by atoms with Crippen molar-refractivity contribution in [3.8, 4) is 11.5 Å². The Morgan fingerprint density at radius 3 is 1.73 bits per heavy atom.